The lowest BCUT2D eigenvalue weighted by Crippen LogP contribution is -1.99. The molecule has 2 aromatic rings. The molecule has 0 bridgehead atoms. The van der Waals surface area contributed by atoms with Gasteiger partial charge in [-0.05, 0) is 30.0 Å². The second-order valence-electron chi connectivity index (χ2n) is 5.61. The molecule has 0 radical (unpaired) electrons. The molecule has 1 aromatic carbocycles. The topological polar surface area (TPSA) is 85.4 Å². The summed E-state index contributed by atoms with van der Waals surface area (Å²) in [6.45, 7) is 4.34. The molecular formula is C17H19N5S2. The summed E-state index contributed by atoms with van der Waals surface area (Å²) < 4.78 is 0.827. The molecule has 0 aliphatic heterocycles. The van der Waals surface area contributed by atoms with E-state index >= 15 is 0 Å². The molecule has 2 rings (SSSR count). The first-order chi connectivity index (χ1) is 11.6. The van der Waals surface area contributed by atoms with Gasteiger partial charge in [-0.1, -0.05) is 49.1 Å². The van der Waals surface area contributed by atoms with Gasteiger partial charge in [0.15, 0.2) is 4.34 Å². The molecule has 1 heterocycles. The molecule has 124 valence electrons. The summed E-state index contributed by atoms with van der Waals surface area (Å²) in [5.74, 6) is 1.02. The number of hydrogen-bond acceptors (Lipinski definition) is 7. The summed E-state index contributed by atoms with van der Waals surface area (Å²) in [5, 5.41) is 29.9. The van der Waals surface area contributed by atoms with E-state index in [1.807, 2.05) is 12.1 Å². The fraction of sp³-hybridized carbons (Fsp3) is 0.412. The lowest BCUT2D eigenvalue weighted by atomic mass is 10.0. The number of nitrogens with one attached hydrogen (secondary N) is 1. The molecule has 24 heavy (non-hydrogen) atoms. The molecule has 0 amide bonds. The van der Waals surface area contributed by atoms with Crippen LogP contribution in [0.1, 0.15) is 38.2 Å². The average Bonchev–Trinajstić information content (AvgIpc) is 3.03. The smallest absolute Gasteiger partial charge is 0.210 e. The normalized spacial score (nSPS) is 11.7. The summed E-state index contributed by atoms with van der Waals surface area (Å²) in [7, 11) is 0. The first-order valence-electron chi connectivity index (χ1n) is 7.72. The summed E-state index contributed by atoms with van der Waals surface area (Å²) in [4.78, 5) is 0. The molecule has 1 atom stereocenters. The molecule has 0 fully saturated rings. The van der Waals surface area contributed by atoms with Crippen LogP contribution in [0.15, 0.2) is 28.6 Å². The van der Waals surface area contributed by atoms with Gasteiger partial charge >= 0.3 is 0 Å². The fourth-order valence-corrected chi connectivity index (χ4v) is 3.85. The van der Waals surface area contributed by atoms with Gasteiger partial charge in [0.1, 0.15) is 0 Å². The Morgan fingerprint density at radius 3 is 2.58 bits per heavy atom. The quantitative estimate of drug-likeness (QED) is 0.673. The maximum absolute atomic E-state index is 9.07. The molecule has 0 aliphatic rings. The monoisotopic (exact) mass is 357 g/mol. The third kappa shape index (κ3) is 5.52. The maximum Gasteiger partial charge on any atom is 0.210 e. The van der Waals surface area contributed by atoms with Gasteiger partial charge in [-0.15, -0.1) is 10.2 Å². The predicted octanol–water partition coefficient (Wildman–Crippen LogP) is 4.94. The Labute approximate surface area is 150 Å². The van der Waals surface area contributed by atoms with Crippen molar-refractivity contribution in [3.8, 4) is 12.1 Å². The van der Waals surface area contributed by atoms with Crippen LogP contribution in [0.3, 0.4) is 0 Å². The van der Waals surface area contributed by atoms with Crippen LogP contribution in [-0.4, -0.2) is 16.0 Å². The van der Waals surface area contributed by atoms with E-state index in [0.717, 1.165) is 15.2 Å². The van der Waals surface area contributed by atoms with Crippen LogP contribution in [0, 0.1) is 28.6 Å². The Balaban J connectivity index is 1.89. The van der Waals surface area contributed by atoms with Crippen molar-refractivity contribution in [2.75, 3.05) is 11.1 Å². The number of hydrogen-bond donors (Lipinski definition) is 1. The molecule has 1 aromatic heterocycles. The third-order valence-corrected chi connectivity index (χ3v) is 5.56. The standard InChI is InChI=1S/C17H19N5S2/c1-12(2)14-5-7-15(8-6-14)20-16-21-22-17(24-16)23-11-13(10-19)4-3-9-18/h5-8,12-13H,3-4,11H2,1-2H3,(H,20,21)/t13-/m0/s1. The second-order valence-corrected chi connectivity index (χ2v) is 7.85. The largest absolute Gasteiger partial charge is 0.330 e. The van der Waals surface area contributed by atoms with Crippen LogP contribution in [0.25, 0.3) is 0 Å². The Hall–Kier alpha value is -2.09. The third-order valence-electron chi connectivity index (χ3n) is 3.43. The van der Waals surface area contributed by atoms with Crippen molar-refractivity contribution in [1.82, 2.24) is 10.2 Å². The highest BCUT2D eigenvalue weighted by Gasteiger charge is 2.11. The van der Waals surface area contributed by atoms with Crippen LogP contribution < -0.4 is 5.32 Å². The number of benzene rings is 1. The molecule has 0 spiro atoms. The first-order valence-corrected chi connectivity index (χ1v) is 9.52. The zero-order valence-electron chi connectivity index (χ0n) is 13.7. The van der Waals surface area contributed by atoms with Crippen LogP contribution in [-0.2, 0) is 0 Å². The van der Waals surface area contributed by atoms with Crippen molar-refractivity contribution >= 4 is 33.9 Å². The zero-order valence-corrected chi connectivity index (χ0v) is 15.3. The first kappa shape index (κ1) is 18.3. The van der Waals surface area contributed by atoms with Crippen molar-refractivity contribution < 1.29 is 0 Å². The number of nitriles is 2. The maximum atomic E-state index is 9.07. The molecule has 5 nitrogen and oxygen atoms in total. The van der Waals surface area contributed by atoms with Crippen molar-refractivity contribution in [2.24, 2.45) is 5.92 Å². The van der Waals surface area contributed by atoms with Gasteiger partial charge in [-0.3, -0.25) is 0 Å². The van der Waals surface area contributed by atoms with E-state index in [0.29, 0.717) is 24.5 Å². The predicted molar refractivity (Wildman–Crippen MR) is 98.4 cm³/mol. The van der Waals surface area contributed by atoms with Crippen molar-refractivity contribution in [3.63, 3.8) is 0 Å². The van der Waals surface area contributed by atoms with Crippen molar-refractivity contribution in [3.05, 3.63) is 29.8 Å². The van der Waals surface area contributed by atoms with Crippen LogP contribution in [0.2, 0.25) is 0 Å². The minimum absolute atomic E-state index is 0.126. The Morgan fingerprint density at radius 1 is 1.21 bits per heavy atom. The lowest BCUT2D eigenvalue weighted by molar-refractivity contribution is 0.685. The van der Waals surface area contributed by atoms with E-state index in [1.165, 1.54) is 28.7 Å². The van der Waals surface area contributed by atoms with Crippen LogP contribution in [0.4, 0.5) is 10.8 Å². The summed E-state index contributed by atoms with van der Waals surface area (Å²) in [6.07, 6.45) is 1.01. The molecule has 1 N–H and O–H groups in total. The fourth-order valence-electron chi connectivity index (χ4n) is 1.99. The van der Waals surface area contributed by atoms with E-state index < -0.39 is 0 Å². The van der Waals surface area contributed by atoms with E-state index in [4.69, 9.17) is 10.5 Å². The van der Waals surface area contributed by atoms with Gasteiger partial charge < -0.3 is 5.32 Å². The van der Waals surface area contributed by atoms with Gasteiger partial charge in [-0.25, -0.2) is 0 Å². The molecule has 0 unspecified atom stereocenters. The molecule has 0 aliphatic carbocycles. The average molecular weight is 358 g/mol. The molecule has 0 saturated heterocycles. The Kier molecular flexibility index (Phi) is 7.05. The summed E-state index contributed by atoms with van der Waals surface area (Å²) in [5.41, 5.74) is 2.28. The van der Waals surface area contributed by atoms with Gasteiger partial charge in [0.2, 0.25) is 5.13 Å². The van der Waals surface area contributed by atoms with Gasteiger partial charge in [-0.2, -0.15) is 10.5 Å². The molecular weight excluding hydrogens is 338 g/mol. The lowest BCUT2D eigenvalue weighted by Gasteiger charge is -2.06. The molecule has 7 heteroatoms. The number of rotatable bonds is 8. The van der Waals surface area contributed by atoms with E-state index in [1.54, 1.807) is 0 Å². The second kappa shape index (κ2) is 9.27. The minimum atomic E-state index is -0.126. The highest BCUT2D eigenvalue weighted by molar-refractivity contribution is 8.01. The van der Waals surface area contributed by atoms with Gasteiger partial charge in [0, 0.05) is 17.9 Å². The highest BCUT2D eigenvalue weighted by atomic mass is 32.2. The van der Waals surface area contributed by atoms with Crippen LogP contribution >= 0.6 is 23.1 Å². The number of aromatic nitrogens is 2. The minimum Gasteiger partial charge on any atom is -0.330 e. The van der Waals surface area contributed by atoms with E-state index in [2.05, 4.69) is 53.6 Å². The Morgan fingerprint density at radius 2 is 1.96 bits per heavy atom. The molecule has 0 saturated carbocycles. The van der Waals surface area contributed by atoms with Crippen molar-refractivity contribution in [2.45, 2.75) is 36.9 Å². The van der Waals surface area contributed by atoms with E-state index in [-0.39, 0.29) is 5.92 Å². The number of thioether (sulfide) groups is 1. The SMILES string of the molecule is CC(C)c1ccc(Nc2nnc(SC[C@H](C#N)CCC#N)s2)cc1. The zero-order chi connectivity index (χ0) is 17.4. The van der Waals surface area contributed by atoms with E-state index in [9.17, 15) is 0 Å². The Bertz CT molecular complexity index is 725. The van der Waals surface area contributed by atoms with Crippen molar-refractivity contribution in [1.29, 1.82) is 10.5 Å². The summed E-state index contributed by atoms with van der Waals surface area (Å²) in [6, 6.07) is 12.6. The van der Waals surface area contributed by atoms with Gasteiger partial charge in [0.05, 0.1) is 18.1 Å². The summed E-state index contributed by atoms with van der Waals surface area (Å²) >= 11 is 2.98. The van der Waals surface area contributed by atoms with Gasteiger partial charge in [0.25, 0.3) is 0 Å². The number of anilines is 2. The van der Waals surface area contributed by atoms with Crippen LogP contribution in [0.5, 0.6) is 0 Å². The highest BCUT2D eigenvalue weighted by Crippen LogP contribution is 2.30. The number of nitrogens with zero attached hydrogens (tertiary/aromatic N) is 4.